The van der Waals surface area contributed by atoms with Gasteiger partial charge in [-0.15, -0.1) is 34.2 Å². The number of carbonyl (C=O) groups is 1. The predicted octanol–water partition coefficient (Wildman–Crippen LogP) is 3.23. The third-order valence-corrected chi connectivity index (χ3v) is 4.97. The van der Waals surface area contributed by atoms with E-state index in [2.05, 4.69) is 20.8 Å². The number of pyridine rings is 1. The van der Waals surface area contributed by atoms with Crippen molar-refractivity contribution in [3.63, 3.8) is 0 Å². The van der Waals surface area contributed by atoms with Gasteiger partial charge in [0.25, 0.3) is 0 Å². The van der Waals surface area contributed by atoms with Crippen LogP contribution in [0.3, 0.4) is 0 Å². The molecule has 3 heterocycles. The molecule has 1 unspecified atom stereocenters. The lowest BCUT2D eigenvalue weighted by Crippen LogP contribution is -2.53. The molecule has 1 atom stereocenters. The summed E-state index contributed by atoms with van der Waals surface area (Å²) in [6.07, 6.45) is 5.36. The molecule has 2 aromatic heterocycles. The van der Waals surface area contributed by atoms with Gasteiger partial charge >= 0.3 is 6.09 Å². The van der Waals surface area contributed by atoms with Gasteiger partial charge in [0.05, 0.1) is 0 Å². The number of halogens is 1. The Morgan fingerprint density at radius 2 is 2.12 bits per heavy atom. The second-order valence-electron chi connectivity index (χ2n) is 8.82. The van der Waals surface area contributed by atoms with Crippen LogP contribution in [-0.2, 0) is 11.2 Å². The molecule has 9 nitrogen and oxygen atoms in total. The summed E-state index contributed by atoms with van der Waals surface area (Å²) >= 11 is 0. The lowest BCUT2D eigenvalue weighted by molar-refractivity contribution is 0.0193. The number of ether oxygens (including phenoxy) is 1. The molecule has 2 aromatic rings. The minimum atomic E-state index is -0.483. The Hall–Kier alpha value is -2.11. The quantitative estimate of drug-likeness (QED) is 0.245. The van der Waals surface area contributed by atoms with E-state index in [-0.39, 0.29) is 36.1 Å². The Morgan fingerprint density at radius 3 is 2.88 bits per heavy atom. The van der Waals surface area contributed by atoms with Gasteiger partial charge < -0.3 is 20.3 Å². The van der Waals surface area contributed by atoms with Gasteiger partial charge in [0.2, 0.25) is 0 Å². The molecule has 178 valence electrons. The molecule has 3 rings (SSSR count). The number of aryl methyl sites for hydroxylation is 1. The monoisotopic (exact) mass is 557 g/mol. The summed E-state index contributed by atoms with van der Waals surface area (Å²) in [5, 5.41) is 15.3. The van der Waals surface area contributed by atoms with Gasteiger partial charge in [-0.3, -0.25) is 9.39 Å². The van der Waals surface area contributed by atoms with Crippen LogP contribution in [-0.4, -0.2) is 69.4 Å². The molecule has 0 spiro atoms. The standard InChI is InChI=1S/C22H35N7O2.HI/c1-5-23-20(24-13-8-12-19-27-26-18-11-6-7-15-29(18)19)25-17-10-9-14-28(16-17)21(30)31-22(2,3)4;/h6-7,11,15,17H,5,8-10,12-14,16H2,1-4H3,(H2,23,24,25);1H. The summed E-state index contributed by atoms with van der Waals surface area (Å²) in [6.45, 7) is 10.5. The third-order valence-electron chi connectivity index (χ3n) is 4.97. The molecule has 1 amide bonds. The molecule has 1 aliphatic heterocycles. The fourth-order valence-corrected chi connectivity index (χ4v) is 3.59. The molecular weight excluding hydrogens is 521 g/mol. The highest BCUT2D eigenvalue weighted by atomic mass is 127. The molecular formula is C22H36IN7O2. The highest BCUT2D eigenvalue weighted by molar-refractivity contribution is 14.0. The van der Waals surface area contributed by atoms with Gasteiger partial charge in [0.15, 0.2) is 11.6 Å². The van der Waals surface area contributed by atoms with E-state index < -0.39 is 5.60 Å². The Labute approximate surface area is 207 Å². The smallest absolute Gasteiger partial charge is 0.410 e. The van der Waals surface area contributed by atoms with Gasteiger partial charge in [-0.2, -0.15) is 0 Å². The molecule has 0 aliphatic carbocycles. The van der Waals surface area contributed by atoms with Crippen LogP contribution < -0.4 is 10.6 Å². The zero-order valence-corrected chi connectivity index (χ0v) is 21.8. The van der Waals surface area contributed by atoms with Crippen molar-refractivity contribution in [2.75, 3.05) is 26.2 Å². The highest BCUT2D eigenvalue weighted by Crippen LogP contribution is 2.15. The van der Waals surface area contributed by atoms with Crippen molar-refractivity contribution in [2.24, 2.45) is 4.99 Å². The van der Waals surface area contributed by atoms with Gasteiger partial charge in [0.1, 0.15) is 11.4 Å². The van der Waals surface area contributed by atoms with Crippen LogP contribution in [0.1, 0.15) is 52.8 Å². The number of nitrogens with zero attached hydrogens (tertiary/aromatic N) is 5. The Balaban J connectivity index is 0.00000363. The number of rotatable bonds is 6. The number of carbonyl (C=O) groups excluding carboxylic acids is 1. The average molecular weight is 557 g/mol. The number of hydrogen-bond acceptors (Lipinski definition) is 5. The highest BCUT2D eigenvalue weighted by Gasteiger charge is 2.28. The maximum atomic E-state index is 12.4. The van der Waals surface area contributed by atoms with Crippen molar-refractivity contribution in [1.82, 2.24) is 30.1 Å². The van der Waals surface area contributed by atoms with Crippen LogP contribution in [0.5, 0.6) is 0 Å². The first-order valence-corrected chi connectivity index (χ1v) is 11.2. The predicted molar refractivity (Wildman–Crippen MR) is 137 cm³/mol. The summed E-state index contributed by atoms with van der Waals surface area (Å²) < 4.78 is 7.54. The van der Waals surface area contributed by atoms with E-state index in [1.165, 1.54) is 0 Å². The van der Waals surface area contributed by atoms with Crippen molar-refractivity contribution >= 4 is 41.7 Å². The van der Waals surface area contributed by atoms with Crippen molar-refractivity contribution in [2.45, 2.75) is 65.0 Å². The average Bonchev–Trinajstić information content (AvgIpc) is 3.13. The van der Waals surface area contributed by atoms with Crippen molar-refractivity contribution < 1.29 is 9.53 Å². The Kier molecular flexibility index (Phi) is 9.98. The second-order valence-corrected chi connectivity index (χ2v) is 8.82. The van der Waals surface area contributed by atoms with E-state index in [1.807, 2.05) is 56.5 Å². The fraction of sp³-hybridized carbons (Fsp3) is 0.636. The Bertz CT molecular complexity index is 894. The fourth-order valence-electron chi connectivity index (χ4n) is 3.59. The number of guanidine groups is 1. The number of aromatic nitrogens is 3. The van der Waals surface area contributed by atoms with Gasteiger partial charge in [-0.05, 0) is 59.1 Å². The van der Waals surface area contributed by atoms with Crippen molar-refractivity contribution in [3.8, 4) is 0 Å². The molecule has 0 saturated carbocycles. The van der Waals surface area contributed by atoms with E-state index in [1.54, 1.807) is 4.90 Å². The number of hydrogen-bond donors (Lipinski definition) is 2. The Morgan fingerprint density at radius 1 is 1.31 bits per heavy atom. The molecule has 2 N–H and O–H groups in total. The van der Waals surface area contributed by atoms with E-state index in [9.17, 15) is 4.79 Å². The number of amides is 1. The van der Waals surface area contributed by atoms with Crippen molar-refractivity contribution in [1.29, 1.82) is 0 Å². The van der Waals surface area contributed by atoms with Crippen LogP contribution in [0.15, 0.2) is 29.4 Å². The number of fused-ring (bicyclic) bond motifs is 1. The van der Waals surface area contributed by atoms with E-state index in [0.29, 0.717) is 13.1 Å². The summed E-state index contributed by atoms with van der Waals surface area (Å²) in [5.74, 6) is 1.73. The van der Waals surface area contributed by atoms with E-state index in [4.69, 9.17) is 9.73 Å². The molecule has 1 fully saturated rings. The van der Waals surface area contributed by atoms with Crippen LogP contribution in [0, 0.1) is 0 Å². The third kappa shape index (κ3) is 7.79. The first-order valence-electron chi connectivity index (χ1n) is 11.2. The van der Waals surface area contributed by atoms with Crippen molar-refractivity contribution in [3.05, 3.63) is 30.2 Å². The SMILES string of the molecule is CCNC(=NCCCc1nnc2ccccn12)NC1CCCN(C(=O)OC(C)(C)C)C1.I. The lowest BCUT2D eigenvalue weighted by Gasteiger charge is -2.35. The number of aliphatic imine (C=N–C) groups is 1. The first kappa shape index (κ1) is 26.1. The van der Waals surface area contributed by atoms with Crippen LogP contribution in [0.4, 0.5) is 4.79 Å². The molecule has 1 saturated heterocycles. The largest absolute Gasteiger partial charge is 0.444 e. The zero-order valence-electron chi connectivity index (χ0n) is 19.5. The molecule has 10 heteroatoms. The summed E-state index contributed by atoms with van der Waals surface area (Å²) in [7, 11) is 0. The number of nitrogens with one attached hydrogen (secondary N) is 2. The van der Waals surface area contributed by atoms with E-state index >= 15 is 0 Å². The van der Waals surface area contributed by atoms with Crippen LogP contribution in [0.2, 0.25) is 0 Å². The molecule has 0 aromatic carbocycles. The van der Waals surface area contributed by atoms with Crippen LogP contribution >= 0.6 is 24.0 Å². The number of likely N-dealkylation sites (tertiary alicyclic amines) is 1. The molecule has 1 aliphatic rings. The molecule has 0 bridgehead atoms. The van der Waals surface area contributed by atoms with Gasteiger partial charge in [-0.1, -0.05) is 6.07 Å². The molecule has 32 heavy (non-hydrogen) atoms. The summed E-state index contributed by atoms with van der Waals surface area (Å²) in [4.78, 5) is 18.9. The number of piperidine rings is 1. The molecule has 0 radical (unpaired) electrons. The normalized spacial score (nSPS) is 17.1. The second kappa shape index (κ2) is 12.2. The minimum absolute atomic E-state index is 0. The minimum Gasteiger partial charge on any atom is -0.444 e. The van der Waals surface area contributed by atoms with Gasteiger partial charge in [-0.25, -0.2) is 4.79 Å². The van der Waals surface area contributed by atoms with Gasteiger partial charge in [0, 0.05) is 44.8 Å². The summed E-state index contributed by atoms with van der Waals surface area (Å²) in [5.41, 5.74) is 0.381. The van der Waals surface area contributed by atoms with Crippen LogP contribution in [0.25, 0.3) is 5.65 Å². The first-order chi connectivity index (χ1) is 14.9. The topological polar surface area (TPSA) is 96.1 Å². The maximum absolute atomic E-state index is 12.4. The lowest BCUT2D eigenvalue weighted by atomic mass is 10.1. The zero-order chi connectivity index (χ0) is 22.3. The summed E-state index contributed by atoms with van der Waals surface area (Å²) in [6, 6.07) is 6.05. The van der Waals surface area contributed by atoms with E-state index in [0.717, 1.165) is 56.2 Å². The maximum Gasteiger partial charge on any atom is 0.410 e.